The molecule has 2 aliphatic rings. The number of carboxylic acid groups (broad SMARTS) is 1. The first-order chi connectivity index (χ1) is 11.5. The van der Waals surface area contributed by atoms with Gasteiger partial charge >= 0.3 is 5.97 Å². The number of hydrogen-bond acceptors (Lipinski definition) is 4. The maximum absolute atomic E-state index is 12.9. The molecule has 0 bridgehead atoms. The summed E-state index contributed by atoms with van der Waals surface area (Å²) in [5, 5.41) is 15.2. The van der Waals surface area contributed by atoms with Gasteiger partial charge < -0.3 is 20.6 Å². The minimum atomic E-state index is -1.03. The van der Waals surface area contributed by atoms with Gasteiger partial charge in [-0.25, -0.2) is 4.79 Å². The number of carbonyl (C=O) groups excluding carboxylic acids is 2. The molecule has 0 unspecified atom stereocenters. The van der Waals surface area contributed by atoms with Crippen molar-refractivity contribution in [3.05, 3.63) is 29.3 Å². The van der Waals surface area contributed by atoms with Gasteiger partial charge in [-0.3, -0.25) is 9.59 Å². The van der Waals surface area contributed by atoms with Crippen molar-refractivity contribution in [3.63, 3.8) is 0 Å². The number of rotatable bonds is 3. The fourth-order valence-corrected chi connectivity index (χ4v) is 3.47. The zero-order valence-corrected chi connectivity index (χ0v) is 13.5. The van der Waals surface area contributed by atoms with E-state index in [1.165, 1.54) is 4.90 Å². The Morgan fingerprint density at radius 2 is 2.08 bits per heavy atom. The Bertz CT molecular complexity index is 688. The summed E-state index contributed by atoms with van der Waals surface area (Å²) in [7, 11) is 1.55. The third-order valence-corrected chi connectivity index (χ3v) is 4.81. The van der Waals surface area contributed by atoms with E-state index in [1.807, 2.05) is 12.1 Å². The summed E-state index contributed by atoms with van der Waals surface area (Å²) in [6.45, 7) is 0.970. The van der Waals surface area contributed by atoms with Gasteiger partial charge in [0.2, 0.25) is 5.91 Å². The van der Waals surface area contributed by atoms with Crippen molar-refractivity contribution >= 4 is 23.5 Å². The van der Waals surface area contributed by atoms with Crippen molar-refractivity contribution in [2.75, 3.05) is 25.5 Å². The van der Waals surface area contributed by atoms with E-state index >= 15 is 0 Å². The highest BCUT2D eigenvalue weighted by Crippen LogP contribution is 2.27. The highest BCUT2D eigenvalue weighted by molar-refractivity contribution is 5.98. The van der Waals surface area contributed by atoms with Gasteiger partial charge in [-0.2, -0.15) is 0 Å². The predicted molar refractivity (Wildman–Crippen MR) is 87.9 cm³/mol. The largest absolute Gasteiger partial charge is 0.480 e. The van der Waals surface area contributed by atoms with Crippen LogP contribution in [-0.4, -0.2) is 54.0 Å². The minimum Gasteiger partial charge on any atom is -0.480 e. The SMILES string of the molecule is CNC(=O)[C@H]1CC[C@@H](C(=O)O)N(C(=O)c2ccc3c(c2)CCN3)C1. The van der Waals surface area contributed by atoms with Crippen LogP contribution in [0.25, 0.3) is 0 Å². The van der Waals surface area contributed by atoms with Crippen molar-refractivity contribution in [1.82, 2.24) is 10.2 Å². The van der Waals surface area contributed by atoms with E-state index < -0.39 is 12.0 Å². The molecule has 0 aliphatic carbocycles. The van der Waals surface area contributed by atoms with Crippen molar-refractivity contribution in [3.8, 4) is 0 Å². The second-order valence-corrected chi connectivity index (χ2v) is 6.25. The van der Waals surface area contributed by atoms with Crippen LogP contribution in [0.5, 0.6) is 0 Å². The highest BCUT2D eigenvalue weighted by Gasteiger charge is 2.38. The van der Waals surface area contributed by atoms with Crippen LogP contribution in [-0.2, 0) is 16.0 Å². The van der Waals surface area contributed by atoms with E-state index in [-0.39, 0.29) is 30.7 Å². The maximum atomic E-state index is 12.9. The van der Waals surface area contributed by atoms with E-state index in [0.29, 0.717) is 12.0 Å². The average molecular weight is 331 g/mol. The number of carbonyl (C=O) groups is 3. The van der Waals surface area contributed by atoms with Gasteiger partial charge in [0.25, 0.3) is 5.91 Å². The molecule has 3 N–H and O–H groups in total. The van der Waals surface area contributed by atoms with Crippen LogP contribution in [0.1, 0.15) is 28.8 Å². The number of hydrogen-bond donors (Lipinski definition) is 3. The molecule has 2 amide bonds. The van der Waals surface area contributed by atoms with Gasteiger partial charge in [-0.05, 0) is 43.0 Å². The Morgan fingerprint density at radius 3 is 2.79 bits per heavy atom. The molecule has 24 heavy (non-hydrogen) atoms. The van der Waals surface area contributed by atoms with E-state index in [1.54, 1.807) is 13.1 Å². The fraction of sp³-hybridized carbons (Fsp3) is 0.471. The van der Waals surface area contributed by atoms with Crippen molar-refractivity contribution in [1.29, 1.82) is 0 Å². The van der Waals surface area contributed by atoms with Crippen molar-refractivity contribution in [2.24, 2.45) is 5.92 Å². The number of likely N-dealkylation sites (tertiary alicyclic amines) is 1. The summed E-state index contributed by atoms with van der Waals surface area (Å²) < 4.78 is 0. The molecule has 2 atom stereocenters. The Kier molecular flexibility index (Phi) is 4.42. The molecular formula is C17H21N3O4. The van der Waals surface area contributed by atoms with Gasteiger partial charge in [0.1, 0.15) is 6.04 Å². The number of carboxylic acids is 1. The first-order valence-corrected chi connectivity index (χ1v) is 8.13. The maximum Gasteiger partial charge on any atom is 0.326 e. The minimum absolute atomic E-state index is 0.130. The summed E-state index contributed by atoms with van der Waals surface area (Å²) in [6, 6.07) is 4.50. The number of benzene rings is 1. The van der Waals surface area contributed by atoms with Gasteiger partial charge in [-0.1, -0.05) is 0 Å². The number of nitrogens with zero attached hydrogens (tertiary/aromatic N) is 1. The fourth-order valence-electron chi connectivity index (χ4n) is 3.47. The lowest BCUT2D eigenvalue weighted by molar-refractivity contribution is -0.145. The van der Waals surface area contributed by atoms with E-state index in [9.17, 15) is 19.5 Å². The smallest absolute Gasteiger partial charge is 0.326 e. The number of fused-ring (bicyclic) bond motifs is 1. The summed E-state index contributed by atoms with van der Waals surface area (Å²) in [5.41, 5.74) is 2.55. The van der Waals surface area contributed by atoms with Crippen LogP contribution in [0.3, 0.4) is 0 Å². The van der Waals surface area contributed by atoms with Crippen molar-refractivity contribution < 1.29 is 19.5 Å². The zero-order valence-electron chi connectivity index (χ0n) is 13.5. The normalized spacial score (nSPS) is 22.5. The molecule has 3 rings (SSSR count). The first-order valence-electron chi connectivity index (χ1n) is 8.13. The summed E-state index contributed by atoms with van der Waals surface area (Å²) >= 11 is 0. The number of amides is 2. The molecule has 0 saturated carbocycles. The molecule has 1 fully saturated rings. The monoisotopic (exact) mass is 331 g/mol. The van der Waals surface area contributed by atoms with E-state index in [2.05, 4.69) is 10.6 Å². The molecule has 0 radical (unpaired) electrons. The van der Waals surface area contributed by atoms with E-state index in [0.717, 1.165) is 24.2 Å². The number of nitrogens with one attached hydrogen (secondary N) is 2. The molecule has 128 valence electrons. The molecule has 0 spiro atoms. The first kappa shape index (κ1) is 16.3. The van der Waals surface area contributed by atoms with Crippen LogP contribution in [0.2, 0.25) is 0 Å². The van der Waals surface area contributed by atoms with Crippen LogP contribution in [0.15, 0.2) is 18.2 Å². The Hall–Kier alpha value is -2.57. The quantitative estimate of drug-likeness (QED) is 0.757. The molecule has 1 aromatic rings. The predicted octanol–water partition coefficient (Wildman–Crippen LogP) is 0.706. The van der Waals surface area contributed by atoms with Gasteiger partial charge in [0.05, 0.1) is 5.92 Å². The van der Waals surface area contributed by atoms with E-state index in [4.69, 9.17) is 0 Å². The second kappa shape index (κ2) is 6.51. The molecule has 1 saturated heterocycles. The summed E-state index contributed by atoms with van der Waals surface area (Å²) in [6.07, 6.45) is 1.60. The lowest BCUT2D eigenvalue weighted by Crippen LogP contribution is -2.53. The Morgan fingerprint density at radius 1 is 1.29 bits per heavy atom. The standard InChI is InChI=1S/C17H21N3O4/c1-18-15(21)12-3-5-14(17(23)24)20(9-12)16(22)11-2-4-13-10(8-11)6-7-19-13/h2,4,8,12,14,19H,3,5-7,9H2,1H3,(H,18,21)(H,23,24)/t12-,14-/m0/s1. The zero-order chi connectivity index (χ0) is 17.3. The second-order valence-electron chi connectivity index (χ2n) is 6.25. The Labute approximate surface area is 140 Å². The molecule has 1 aromatic carbocycles. The van der Waals surface area contributed by atoms with Gasteiger partial charge in [-0.15, -0.1) is 0 Å². The molecule has 2 heterocycles. The van der Waals surface area contributed by atoms with Crippen LogP contribution in [0, 0.1) is 5.92 Å². The number of piperidine rings is 1. The summed E-state index contributed by atoms with van der Waals surface area (Å²) in [5.74, 6) is -1.88. The third kappa shape index (κ3) is 2.93. The van der Waals surface area contributed by atoms with Crippen molar-refractivity contribution in [2.45, 2.75) is 25.3 Å². The lowest BCUT2D eigenvalue weighted by atomic mass is 9.91. The molecular weight excluding hydrogens is 310 g/mol. The van der Waals surface area contributed by atoms with Crippen LogP contribution in [0.4, 0.5) is 5.69 Å². The lowest BCUT2D eigenvalue weighted by Gasteiger charge is -2.36. The molecule has 0 aromatic heterocycles. The van der Waals surface area contributed by atoms with Crippen LogP contribution < -0.4 is 10.6 Å². The number of aliphatic carboxylic acids is 1. The van der Waals surface area contributed by atoms with Gasteiger partial charge in [0, 0.05) is 31.4 Å². The molecule has 2 aliphatic heterocycles. The van der Waals surface area contributed by atoms with Crippen LogP contribution >= 0.6 is 0 Å². The number of anilines is 1. The van der Waals surface area contributed by atoms with Gasteiger partial charge in [0.15, 0.2) is 0 Å². The average Bonchev–Trinajstić information content (AvgIpc) is 3.07. The topological polar surface area (TPSA) is 98.7 Å². The summed E-state index contributed by atoms with van der Waals surface area (Å²) in [4.78, 5) is 37.6. The third-order valence-electron chi connectivity index (χ3n) is 4.81. The highest BCUT2D eigenvalue weighted by atomic mass is 16.4. The molecule has 7 heteroatoms. The molecule has 7 nitrogen and oxygen atoms in total. The Balaban J connectivity index is 1.86.